The minimum atomic E-state index is 0.566. The predicted octanol–water partition coefficient (Wildman–Crippen LogP) is 2.45. The first-order valence-corrected chi connectivity index (χ1v) is 3.92. The van der Waals surface area contributed by atoms with E-state index in [2.05, 4.69) is 19.9 Å². The van der Waals surface area contributed by atoms with Crippen LogP contribution in [-0.4, -0.2) is 0 Å². The Hall–Kier alpha value is -0.500. The van der Waals surface area contributed by atoms with E-state index in [1.165, 1.54) is 5.56 Å². The molecule has 2 N–H and O–H groups in total. The molecule has 0 radical (unpaired) electrons. The third kappa shape index (κ3) is 1.24. The van der Waals surface area contributed by atoms with Gasteiger partial charge in [-0.3, -0.25) is 0 Å². The molecule has 1 nitrogen and oxygen atoms in total. The highest BCUT2D eigenvalue weighted by atomic mass is 32.1. The highest BCUT2D eigenvalue weighted by molar-refractivity contribution is 7.14. The van der Waals surface area contributed by atoms with Gasteiger partial charge in [0.25, 0.3) is 0 Å². The average Bonchev–Trinajstić information content (AvgIpc) is 2.13. The van der Waals surface area contributed by atoms with Crippen LogP contribution in [0, 0.1) is 0 Å². The molecule has 0 spiro atoms. The molecule has 0 amide bonds. The van der Waals surface area contributed by atoms with E-state index in [1.807, 2.05) is 5.38 Å². The van der Waals surface area contributed by atoms with Gasteiger partial charge in [0, 0.05) is 0 Å². The summed E-state index contributed by atoms with van der Waals surface area (Å²) >= 11 is 1.61. The lowest BCUT2D eigenvalue weighted by atomic mass is 10.1. The molecule has 0 fully saturated rings. The first-order valence-electron chi connectivity index (χ1n) is 3.04. The molecule has 0 aliphatic carbocycles. The second-order valence-electron chi connectivity index (χ2n) is 2.39. The van der Waals surface area contributed by atoms with Crippen LogP contribution in [0.1, 0.15) is 25.3 Å². The maximum atomic E-state index is 5.66. The Morgan fingerprint density at radius 1 is 1.56 bits per heavy atom. The monoisotopic (exact) mass is 141 g/mol. The third-order valence-corrected chi connectivity index (χ3v) is 2.11. The van der Waals surface area contributed by atoms with E-state index >= 15 is 0 Å². The van der Waals surface area contributed by atoms with Crippen LogP contribution in [0.3, 0.4) is 0 Å². The lowest BCUT2D eigenvalue weighted by molar-refractivity contribution is 0.875. The molecule has 0 saturated carbocycles. The quantitative estimate of drug-likeness (QED) is 0.638. The Labute approximate surface area is 59.5 Å². The molecule has 0 aliphatic heterocycles. The molecule has 0 bridgehead atoms. The second-order valence-corrected chi connectivity index (χ2v) is 3.34. The summed E-state index contributed by atoms with van der Waals surface area (Å²) < 4.78 is 0. The Balaban J connectivity index is 2.94. The Kier molecular flexibility index (Phi) is 1.76. The van der Waals surface area contributed by atoms with Gasteiger partial charge >= 0.3 is 0 Å². The van der Waals surface area contributed by atoms with Gasteiger partial charge in [-0.05, 0) is 22.9 Å². The fourth-order valence-corrected chi connectivity index (χ4v) is 1.61. The maximum absolute atomic E-state index is 5.66. The summed E-state index contributed by atoms with van der Waals surface area (Å²) in [5, 5.41) is 3.00. The van der Waals surface area contributed by atoms with Crippen LogP contribution in [0.4, 0.5) is 5.00 Å². The minimum Gasteiger partial charge on any atom is -0.390 e. The van der Waals surface area contributed by atoms with Gasteiger partial charge in [-0.15, -0.1) is 11.3 Å². The van der Waals surface area contributed by atoms with Crippen molar-refractivity contribution in [1.82, 2.24) is 0 Å². The van der Waals surface area contributed by atoms with Crippen molar-refractivity contribution < 1.29 is 0 Å². The standard InChI is InChI=1S/C7H11NS/c1-5(2)6-3-4-9-7(6)8/h3-5H,8H2,1-2H3. The van der Waals surface area contributed by atoms with Crippen molar-refractivity contribution in [2.45, 2.75) is 19.8 Å². The number of thiophene rings is 1. The number of nitrogen functional groups attached to an aromatic ring is 1. The summed E-state index contributed by atoms with van der Waals surface area (Å²) in [6.07, 6.45) is 0. The van der Waals surface area contributed by atoms with Crippen molar-refractivity contribution in [1.29, 1.82) is 0 Å². The number of rotatable bonds is 1. The Bertz CT molecular complexity index is 191. The molecule has 0 saturated heterocycles. The molecule has 1 rings (SSSR count). The Morgan fingerprint density at radius 3 is 2.44 bits per heavy atom. The molecule has 0 unspecified atom stereocenters. The lowest BCUT2D eigenvalue weighted by Gasteiger charge is -2.00. The predicted molar refractivity (Wildman–Crippen MR) is 42.8 cm³/mol. The second kappa shape index (κ2) is 2.40. The number of hydrogen-bond acceptors (Lipinski definition) is 2. The number of hydrogen-bond donors (Lipinski definition) is 1. The minimum absolute atomic E-state index is 0.566. The highest BCUT2D eigenvalue weighted by Crippen LogP contribution is 2.26. The Morgan fingerprint density at radius 2 is 2.22 bits per heavy atom. The van der Waals surface area contributed by atoms with Crippen molar-refractivity contribution in [3.63, 3.8) is 0 Å². The van der Waals surface area contributed by atoms with E-state index in [-0.39, 0.29) is 0 Å². The molecule has 0 atom stereocenters. The van der Waals surface area contributed by atoms with Crippen LogP contribution in [0.5, 0.6) is 0 Å². The topological polar surface area (TPSA) is 26.0 Å². The van der Waals surface area contributed by atoms with E-state index in [1.54, 1.807) is 11.3 Å². The SMILES string of the molecule is CC(C)c1ccsc1N. The fraction of sp³-hybridized carbons (Fsp3) is 0.429. The first kappa shape index (κ1) is 6.62. The van der Waals surface area contributed by atoms with Gasteiger partial charge in [-0.25, -0.2) is 0 Å². The molecule has 1 heterocycles. The molecule has 2 heteroatoms. The van der Waals surface area contributed by atoms with Crippen LogP contribution in [-0.2, 0) is 0 Å². The zero-order valence-electron chi connectivity index (χ0n) is 5.72. The van der Waals surface area contributed by atoms with Crippen molar-refractivity contribution in [3.8, 4) is 0 Å². The molecule has 50 valence electrons. The summed E-state index contributed by atoms with van der Waals surface area (Å²) in [6.45, 7) is 4.30. The normalized spacial score (nSPS) is 10.6. The summed E-state index contributed by atoms with van der Waals surface area (Å²) in [5.41, 5.74) is 6.94. The van der Waals surface area contributed by atoms with E-state index in [4.69, 9.17) is 5.73 Å². The van der Waals surface area contributed by atoms with Crippen LogP contribution < -0.4 is 5.73 Å². The van der Waals surface area contributed by atoms with E-state index in [0.717, 1.165) is 5.00 Å². The van der Waals surface area contributed by atoms with Crippen LogP contribution in [0.15, 0.2) is 11.4 Å². The molecular weight excluding hydrogens is 130 g/mol. The van der Waals surface area contributed by atoms with Crippen LogP contribution >= 0.6 is 11.3 Å². The highest BCUT2D eigenvalue weighted by Gasteiger charge is 2.02. The molecular formula is C7H11NS. The molecule has 0 aliphatic rings. The molecule has 1 aromatic rings. The lowest BCUT2D eigenvalue weighted by Crippen LogP contribution is -1.89. The smallest absolute Gasteiger partial charge is 0.0891 e. The van der Waals surface area contributed by atoms with Gasteiger partial charge < -0.3 is 5.73 Å². The zero-order valence-corrected chi connectivity index (χ0v) is 6.53. The van der Waals surface area contributed by atoms with Gasteiger partial charge in [0.1, 0.15) is 0 Å². The van der Waals surface area contributed by atoms with E-state index in [0.29, 0.717) is 5.92 Å². The van der Waals surface area contributed by atoms with Crippen LogP contribution in [0.25, 0.3) is 0 Å². The van der Waals surface area contributed by atoms with Crippen molar-refractivity contribution in [3.05, 3.63) is 17.0 Å². The van der Waals surface area contributed by atoms with Crippen molar-refractivity contribution in [2.24, 2.45) is 0 Å². The van der Waals surface area contributed by atoms with Gasteiger partial charge in [-0.2, -0.15) is 0 Å². The largest absolute Gasteiger partial charge is 0.390 e. The van der Waals surface area contributed by atoms with Crippen molar-refractivity contribution in [2.75, 3.05) is 5.73 Å². The van der Waals surface area contributed by atoms with Crippen LogP contribution in [0.2, 0.25) is 0 Å². The zero-order chi connectivity index (χ0) is 6.85. The van der Waals surface area contributed by atoms with E-state index < -0.39 is 0 Å². The molecule has 0 aromatic carbocycles. The number of anilines is 1. The van der Waals surface area contributed by atoms with Gasteiger partial charge in [-0.1, -0.05) is 13.8 Å². The first-order chi connectivity index (χ1) is 4.22. The summed E-state index contributed by atoms with van der Waals surface area (Å²) in [6, 6.07) is 2.09. The summed E-state index contributed by atoms with van der Waals surface area (Å²) in [4.78, 5) is 0. The molecule has 1 aromatic heterocycles. The van der Waals surface area contributed by atoms with Gasteiger partial charge in [0.15, 0.2) is 0 Å². The molecule has 9 heavy (non-hydrogen) atoms. The van der Waals surface area contributed by atoms with Crippen molar-refractivity contribution >= 4 is 16.3 Å². The number of nitrogens with two attached hydrogens (primary N) is 1. The summed E-state index contributed by atoms with van der Waals surface area (Å²) in [5.74, 6) is 0.566. The van der Waals surface area contributed by atoms with Gasteiger partial charge in [0.05, 0.1) is 5.00 Å². The average molecular weight is 141 g/mol. The fourth-order valence-electron chi connectivity index (χ4n) is 0.808. The summed E-state index contributed by atoms with van der Waals surface area (Å²) in [7, 11) is 0. The van der Waals surface area contributed by atoms with E-state index in [9.17, 15) is 0 Å². The van der Waals surface area contributed by atoms with Gasteiger partial charge in [0.2, 0.25) is 0 Å². The third-order valence-electron chi connectivity index (χ3n) is 1.35. The maximum Gasteiger partial charge on any atom is 0.0891 e.